The van der Waals surface area contributed by atoms with Crippen LogP contribution in [-0.2, 0) is 4.79 Å². The Morgan fingerprint density at radius 3 is 2.35 bits per heavy atom. The first-order chi connectivity index (χ1) is 10.7. The Bertz CT molecular complexity index is 602. The minimum Gasteiger partial charge on any atom is -0.481 e. The van der Waals surface area contributed by atoms with E-state index in [2.05, 4.69) is 13.8 Å². The van der Waals surface area contributed by atoms with E-state index >= 15 is 0 Å². The van der Waals surface area contributed by atoms with Crippen LogP contribution in [0.1, 0.15) is 65.7 Å². The van der Waals surface area contributed by atoms with E-state index in [1.807, 2.05) is 6.92 Å². The molecule has 0 aromatic rings. The maximum Gasteiger partial charge on any atom is 0.312 e. The van der Waals surface area contributed by atoms with Crippen LogP contribution >= 0.6 is 0 Å². The van der Waals surface area contributed by atoms with Crippen molar-refractivity contribution < 1.29 is 15.0 Å². The molecule has 2 N–H and O–H groups in total. The lowest BCUT2D eigenvalue weighted by atomic mass is 9.39. The number of aliphatic hydroxyl groups is 1. The molecule has 6 aliphatic rings. The zero-order chi connectivity index (χ0) is 16.4. The molecule has 1 spiro atoms. The summed E-state index contributed by atoms with van der Waals surface area (Å²) in [6.07, 6.45) is 7.33. The Morgan fingerprint density at radius 1 is 1.00 bits per heavy atom. The van der Waals surface area contributed by atoms with Gasteiger partial charge in [-0.1, -0.05) is 13.8 Å². The molecule has 3 nitrogen and oxygen atoms in total. The van der Waals surface area contributed by atoms with E-state index in [9.17, 15) is 15.0 Å². The molecule has 0 radical (unpaired) electrons. The van der Waals surface area contributed by atoms with Crippen molar-refractivity contribution in [3.63, 3.8) is 0 Å². The van der Waals surface area contributed by atoms with E-state index in [0.717, 1.165) is 24.7 Å². The number of rotatable bonds is 1. The highest BCUT2D eigenvalue weighted by molar-refractivity contribution is 5.76. The van der Waals surface area contributed by atoms with Gasteiger partial charge in [-0.05, 0) is 91.8 Å². The molecule has 6 fully saturated rings. The Morgan fingerprint density at radius 2 is 1.74 bits per heavy atom. The molecule has 0 aromatic carbocycles. The predicted molar refractivity (Wildman–Crippen MR) is 86.7 cm³/mol. The highest BCUT2D eigenvalue weighted by Gasteiger charge is 2.79. The highest BCUT2D eigenvalue weighted by atomic mass is 16.4. The molecule has 6 saturated carbocycles. The summed E-state index contributed by atoms with van der Waals surface area (Å²) in [7, 11) is 0. The molecule has 6 rings (SSSR count). The van der Waals surface area contributed by atoms with Crippen molar-refractivity contribution in [3.05, 3.63) is 0 Å². The molecular weight excluding hydrogens is 288 g/mol. The Hall–Kier alpha value is -0.570. The lowest BCUT2D eigenvalue weighted by Crippen LogP contribution is -2.63. The van der Waals surface area contributed by atoms with Gasteiger partial charge in [-0.25, -0.2) is 0 Å². The predicted octanol–water partition coefficient (Wildman–Crippen LogP) is 3.70. The molecule has 6 aliphatic carbocycles. The zero-order valence-electron chi connectivity index (χ0n) is 14.6. The van der Waals surface area contributed by atoms with Crippen molar-refractivity contribution in [1.29, 1.82) is 0 Å². The van der Waals surface area contributed by atoms with Gasteiger partial charge in [-0.2, -0.15) is 0 Å². The first-order valence-electron chi connectivity index (χ1n) is 9.60. The largest absolute Gasteiger partial charge is 0.481 e. The molecule has 9 atom stereocenters. The van der Waals surface area contributed by atoms with Crippen LogP contribution in [0.2, 0.25) is 0 Å². The fraction of sp³-hybridized carbons (Fsp3) is 0.950. The van der Waals surface area contributed by atoms with Gasteiger partial charge in [0.15, 0.2) is 0 Å². The summed E-state index contributed by atoms with van der Waals surface area (Å²) in [4.78, 5) is 12.1. The van der Waals surface area contributed by atoms with E-state index in [0.29, 0.717) is 23.2 Å². The monoisotopic (exact) mass is 318 g/mol. The van der Waals surface area contributed by atoms with Crippen LogP contribution < -0.4 is 0 Å². The summed E-state index contributed by atoms with van der Waals surface area (Å²) in [6, 6.07) is 0. The first kappa shape index (κ1) is 14.7. The number of fused-ring (bicyclic) bond motifs is 1. The van der Waals surface area contributed by atoms with Gasteiger partial charge in [0.2, 0.25) is 0 Å². The molecule has 0 amide bonds. The summed E-state index contributed by atoms with van der Waals surface area (Å²) < 4.78 is 0. The van der Waals surface area contributed by atoms with Gasteiger partial charge in [0.05, 0.1) is 11.5 Å². The fourth-order valence-electron chi connectivity index (χ4n) is 8.82. The number of carboxylic acid groups (broad SMARTS) is 1. The first-order valence-corrected chi connectivity index (χ1v) is 9.60. The van der Waals surface area contributed by atoms with Crippen LogP contribution in [-0.4, -0.2) is 22.3 Å². The van der Waals surface area contributed by atoms with Crippen molar-refractivity contribution >= 4 is 5.97 Å². The minimum absolute atomic E-state index is 0.111. The molecule has 128 valence electrons. The van der Waals surface area contributed by atoms with E-state index in [4.69, 9.17) is 0 Å². The average molecular weight is 318 g/mol. The van der Waals surface area contributed by atoms with Crippen LogP contribution in [0.25, 0.3) is 0 Å². The molecule has 0 heterocycles. The number of hydrogen-bond donors (Lipinski definition) is 2. The summed E-state index contributed by atoms with van der Waals surface area (Å²) in [5.41, 5.74) is 0.284. The van der Waals surface area contributed by atoms with Crippen LogP contribution in [0.4, 0.5) is 0 Å². The van der Waals surface area contributed by atoms with Crippen molar-refractivity contribution in [2.45, 2.75) is 71.8 Å². The van der Waals surface area contributed by atoms with Crippen molar-refractivity contribution in [2.24, 2.45) is 45.3 Å². The lowest BCUT2D eigenvalue weighted by molar-refractivity contribution is -0.209. The second kappa shape index (κ2) is 3.81. The summed E-state index contributed by atoms with van der Waals surface area (Å²) in [5, 5.41) is 20.5. The van der Waals surface area contributed by atoms with Crippen molar-refractivity contribution in [3.8, 4) is 0 Å². The van der Waals surface area contributed by atoms with Crippen LogP contribution in [0.5, 0.6) is 0 Å². The molecular formula is C20H30O3. The van der Waals surface area contributed by atoms with Gasteiger partial charge in [-0.3, -0.25) is 4.79 Å². The fourth-order valence-corrected chi connectivity index (χ4v) is 8.82. The minimum atomic E-state index is -0.956. The van der Waals surface area contributed by atoms with E-state index in [1.54, 1.807) is 0 Å². The lowest BCUT2D eigenvalue weighted by Gasteiger charge is -2.65. The molecule has 0 aromatic heterocycles. The number of carboxylic acids is 1. The second-order valence-electron chi connectivity index (χ2n) is 10.5. The summed E-state index contributed by atoms with van der Waals surface area (Å²) >= 11 is 0. The molecule has 0 saturated heterocycles. The molecule has 3 heteroatoms. The smallest absolute Gasteiger partial charge is 0.312 e. The van der Waals surface area contributed by atoms with Gasteiger partial charge in [0.25, 0.3) is 0 Å². The molecule has 23 heavy (non-hydrogen) atoms. The topological polar surface area (TPSA) is 57.5 Å². The highest BCUT2D eigenvalue weighted by Crippen LogP contribution is 2.85. The summed E-state index contributed by atoms with van der Waals surface area (Å²) in [6.45, 7) is 6.72. The average Bonchev–Trinajstić information content (AvgIpc) is 2.94. The Kier molecular flexibility index (Phi) is 2.45. The van der Waals surface area contributed by atoms with Crippen molar-refractivity contribution in [2.75, 3.05) is 0 Å². The van der Waals surface area contributed by atoms with E-state index < -0.39 is 17.5 Å². The Balaban J connectivity index is 1.57. The van der Waals surface area contributed by atoms with E-state index in [1.165, 1.54) is 25.7 Å². The standard InChI is InChI=1S/C20H30O3/c1-17-6-5-15(21)19(3,16(22)23)13(17)4-7-20-9-12-11(8-14(17)20)18(12,2)10-20/h11-15,21H,4-10H2,1-3H3,(H,22,23)/t11-,12+,13+,14+,15-,17-,18-,19+,20+/m1/s1. The number of carbonyl (C=O) groups is 1. The Labute approximate surface area is 138 Å². The quantitative estimate of drug-likeness (QED) is 0.775. The number of aliphatic carboxylic acids is 1. The maximum atomic E-state index is 12.1. The van der Waals surface area contributed by atoms with Crippen LogP contribution in [0.15, 0.2) is 0 Å². The van der Waals surface area contributed by atoms with E-state index in [-0.39, 0.29) is 11.3 Å². The molecule has 0 unspecified atom stereocenters. The third-order valence-electron chi connectivity index (χ3n) is 10.0. The number of hydrogen-bond acceptors (Lipinski definition) is 2. The van der Waals surface area contributed by atoms with Crippen molar-refractivity contribution in [1.82, 2.24) is 0 Å². The molecule has 4 bridgehead atoms. The second-order valence-corrected chi connectivity index (χ2v) is 10.5. The number of aliphatic hydroxyl groups excluding tert-OH is 1. The SMILES string of the molecule is C[C@@]12CC[C@@H](O)[C@@](C)(C(=O)O)[C@H]1CC[C@@]13C[C@H]4[C@@H](C[C@H]12)[C@@]4(C)C3. The van der Waals surface area contributed by atoms with Gasteiger partial charge < -0.3 is 10.2 Å². The summed E-state index contributed by atoms with van der Waals surface area (Å²) in [5.74, 6) is 1.92. The van der Waals surface area contributed by atoms with Gasteiger partial charge >= 0.3 is 5.97 Å². The zero-order valence-corrected chi connectivity index (χ0v) is 14.6. The van der Waals surface area contributed by atoms with Gasteiger partial charge in [0.1, 0.15) is 0 Å². The van der Waals surface area contributed by atoms with Crippen LogP contribution in [0, 0.1) is 45.3 Å². The van der Waals surface area contributed by atoms with Gasteiger partial charge in [0, 0.05) is 0 Å². The van der Waals surface area contributed by atoms with Gasteiger partial charge in [-0.15, -0.1) is 0 Å². The maximum absolute atomic E-state index is 12.1. The third kappa shape index (κ3) is 1.38. The third-order valence-corrected chi connectivity index (χ3v) is 10.0. The normalized spacial score (nSPS) is 65.7. The molecule has 0 aliphatic heterocycles. The van der Waals surface area contributed by atoms with Crippen LogP contribution in [0.3, 0.4) is 0 Å².